The smallest absolute Gasteiger partial charge is 0.0810 e. The summed E-state index contributed by atoms with van der Waals surface area (Å²) in [6.07, 6.45) is 4.83. The first-order valence-electron chi connectivity index (χ1n) is 6.38. The maximum Gasteiger partial charge on any atom is 0.0810 e. The normalized spacial score (nSPS) is 21.2. The van der Waals surface area contributed by atoms with E-state index in [1.54, 1.807) is 6.04 Å². The largest absolute Gasteiger partial charge is 0.373 e. The lowest BCUT2D eigenvalue weighted by Gasteiger charge is -2.27. The Hall–Kier alpha value is 0.177. The molecule has 0 radical (unpaired) electrons. The van der Waals surface area contributed by atoms with Gasteiger partial charge in [0, 0.05) is 0 Å². The molecule has 0 spiro atoms. The maximum absolute atomic E-state index is 5.23. The molecule has 2 heteroatoms. The third kappa shape index (κ3) is 3.74. The molecule has 0 saturated carbocycles. The molecule has 84 valence electrons. The highest BCUT2D eigenvalue weighted by molar-refractivity contribution is 6.79. The van der Waals surface area contributed by atoms with Gasteiger partial charge in [0.25, 0.3) is 0 Å². The molecule has 1 aliphatic heterocycles. The van der Waals surface area contributed by atoms with Gasteiger partial charge in [0.2, 0.25) is 0 Å². The minimum absolute atomic E-state index is 0.649. The van der Waals surface area contributed by atoms with Gasteiger partial charge in [-0.25, -0.2) is 0 Å². The summed E-state index contributed by atoms with van der Waals surface area (Å²) in [5.41, 5.74) is 0. The van der Waals surface area contributed by atoms with E-state index in [-0.39, 0.29) is 0 Å². The molecule has 1 heterocycles. The summed E-state index contributed by atoms with van der Waals surface area (Å²) in [4.78, 5) is 0. The van der Waals surface area contributed by atoms with E-state index in [4.69, 9.17) is 4.74 Å². The zero-order valence-electron chi connectivity index (χ0n) is 10.1. The van der Waals surface area contributed by atoms with Gasteiger partial charge in [-0.2, -0.15) is 0 Å². The number of hydrogen-bond donors (Lipinski definition) is 0. The summed E-state index contributed by atoms with van der Waals surface area (Å²) in [5, 5.41) is 0. The lowest BCUT2D eigenvalue weighted by atomic mass is 10.2. The van der Waals surface area contributed by atoms with Gasteiger partial charge in [0.05, 0.1) is 20.8 Å². The highest BCUT2D eigenvalue weighted by Crippen LogP contribution is 2.28. The van der Waals surface area contributed by atoms with E-state index in [9.17, 15) is 0 Å². The Morgan fingerprint density at radius 1 is 1.07 bits per heavy atom. The van der Waals surface area contributed by atoms with Crippen molar-refractivity contribution in [1.29, 1.82) is 0 Å². The molecule has 14 heavy (non-hydrogen) atoms. The Kier molecular flexibility index (Phi) is 5.17. The lowest BCUT2D eigenvalue weighted by molar-refractivity contribution is 0.391. The van der Waals surface area contributed by atoms with Crippen LogP contribution in [0.2, 0.25) is 24.2 Å². The first kappa shape index (κ1) is 12.2. The molecule has 1 atom stereocenters. The van der Waals surface area contributed by atoms with Gasteiger partial charge < -0.3 is 4.74 Å². The summed E-state index contributed by atoms with van der Waals surface area (Å²) in [7, 11) is -0.810. The van der Waals surface area contributed by atoms with Gasteiger partial charge in [0.15, 0.2) is 0 Å². The van der Waals surface area contributed by atoms with Gasteiger partial charge in [0.1, 0.15) is 0 Å². The van der Waals surface area contributed by atoms with Gasteiger partial charge in [-0.1, -0.05) is 57.8 Å². The van der Waals surface area contributed by atoms with Gasteiger partial charge in [-0.3, -0.25) is 0 Å². The van der Waals surface area contributed by atoms with Crippen molar-refractivity contribution in [2.75, 3.05) is 6.61 Å². The van der Waals surface area contributed by atoms with Crippen LogP contribution in [0.4, 0.5) is 0 Å². The summed E-state index contributed by atoms with van der Waals surface area (Å²) < 4.78 is 5.23. The zero-order chi connectivity index (χ0) is 10.4. The molecule has 0 N–H and O–H groups in total. The Bertz CT molecular complexity index is 142. The summed E-state index contributed by atoms with van der Waals surface area (Å²) in [6, 6.07) is 6.02. The van der Waals surface area contributed by atoms with Crippen LogP contribution in [-0.4, -0.2) is 20.8 Å². The molecule has 0 bridgehead atoms. The fourth-order valence-electron chi connectivity index (χ4n) is 2.39. The van der Waals surface area contributed by atoms with Gasteiger partial charge in [-0.05, 0) is 6.42 Å². The molecule has 1 rings (SSSR count). The minimum Gasteiger partial charge on any atom is -0.373 e. The van der Waals surface area contributed by atoms with Crippen molar-refractivity contribution in [3.8, 4) is 0 Å². The summed E-state index contributed by atoms with van der Waals surface area (Å²) in [5.74, 6) is 0. The topological polar surface area (TPSA) is 12.5 Å². The molecule has 0 aromatic carbocycles. The Labute approximate surface area is 90.2 Å². The predicted octanol–water partition coefficient (Wildman–Crippen LogP) is 4.06. The second-order valence-electron chi connectivity index (χ2n) is 4.76. The molecule has 0 aliphatic carbocycles. The number of unbranched alkanes of at least 4 members (excludes halogenated alkanes) is 1. The lowest BCUT2D eigenvalue weighted by Crippen LogP contribution is -2.30. The van der Waals surface area contributed by atoms with Crippen LogP contribution in [-0.2, 0) is 4.74 Å². The van der Waals surface area contributed by atoms with Crippen LogP contribution in [0.3, 0.4) is 0 Å². The molecule has 1 unspecified atom stereocenters. The highest BCUT2D eigenvalue weighted by Gasteiger charge is 2.26. The van der Waals surface area contributed by atoms with Crippen LogP contribution in [0.25, 0.3) is 0 Å². The Morgan fingerprint density at radius 2 is 1.64 bits per heavy atom. The van der Waals surface area contributed by atoms with Crippen molar-refractivity contribution < 1.29 is 4.74 Å². The zero-order valence-corrected chi connectivity index (χ0v) is 11.1. The number of hydrogen-bond acceptors (Lipinski definition) is 1. The van der Waals surface area contributed by atoms with Crippen molar-refractivity contribution >= 4 is 8.07 Å². The fourth-order valence-corrected chi connectivity index (χ4v) is 5.95. The van der Waals surface area contributed by atoms with Crippen LogP contribution in [0, 0.1) is 0 Å². The molecule has 0 amide bonds. The quantitative estimate of drug-likeness (QED) is 0.337. The van der Waals surface area contributed by atoms with Gasteiger partial charge in [-0.15, -0.1) is 0 Å². The maximum atomic E-state index is 5.23. The first-order valence-corrected chi connectivity index (χ1v) is 9.20. The highest BCUT2D eigenvalue weighted by atomic mass is 28.3. The van der Waals surface area contributed by atoms with Crippen LogP contribution < -0.4 is 0 Å². The van der Waals surface area contributed by atoms with Crippen LogP contribution in [0.15, 0.2) is 0 Å². The van der Waals surface area contributed by atoms with Crippen molar-refractivity contribution in [2.24, 2.45) is 0 Å². The second kappa shape index (κ2) is 5.91. The molecule has 0 aromatic heterocycles. The third-order valence-electron chi connectivity index (χ3n) is 4.14. The summed E-state index contributed by atoms with van der Waals surface area (Å²) in [6.45, 7) is 8.26. The average molecular weight is 214 g/mol. The third-order valence-corrected chi connectivity index (χ3v) is 10.0. The molecular formula is C12H26OSi. The van der Waals surface area contributed by atoms with Crippen molar-refractivity contribution in [3.05, 3.63) is 0 Å². The molecule has 0 aromatic rings. The number of ether oxygens (including phenoxy) is 1. The van der Waals surface area contributed by atoms with E-state index < -0.39 is 8.07 Å². The van der Waals surface area contributed by atoms with Crippen LogP contribution in [0.5, 0.6) is 0 Å². The standard InChI is InChI=1S/C12H26OSi/c1-4-14(5-2,6-3)10-8-7-9-12-11-13-12/h12H,4-11H2,1-3H3. The van der Waals surface area contributed by atoms with E-state index in [1.165, 1.54) is 37.4 Å². The Morgan fingerprint density at radius 3 is 2.07 bits per heavy atom. The molecular weight excluding hydrogens is 188 g/mol. The SMILES string of the molecule is CC[Si](CC)(CC)CCCCC1CO1. The fraction of sp³-hybridized carbons (Fsp3) is 1.00. The second-order valence-corrected chi connectivity index (χ2v) is 10.4. The van der Waals surface area contributed by atoms with Crippen molar-refractivity contribution in [3.63, 3.8) is 0 Å². The van der Waals surface area contributed by atoms with Gasteiger partial charge >= 0.3 is 0 Å². The van der Waals surface area contributed by atoms with E-state index in [0.29, 0.717) is 6.10 Å². The van der Waals surface area contributed by atoms with Crippen LogP contribution >= 0.6 is 0 Å². The average Bonchev–Trinajstić information content (AvgIpc) is 3.03. The molecule has 1 nitrogen and oxygen atoms in total. The molecule has 1 saturated heterocycles. The number of rotatable bonds is 8. The minimum atomic E-state index is -0.810. The van der Waals surface area contributed by atoms with Crippen LogP contribution in [0.1, 0.15) is 40.0 Å². The van der Waals surface area contributed by atoms with E-state index in [0.717, 1.165) is 6.61 Å². The van der Waals surface area contributed by atoms with Crippen molar-refractivity contribution in [1.82, 2.24) is 0 Å². The summed E-state index contributed by atoms with van der Waals surface area (Å²) >= 11 is 0. The first-order chi connectivity index (χ1) is 6.76. The van der Waals surface area contributed by atoms with E-state index >= 15 is 0 Å². The predicted molar refractivity (Wildman–Crippen MR) is 65.6 cm³/mol. The number of epoxide rings is 1. The monoisotopic (exact) mass is 214 g/mol. The molecule has 1 fully saturated rings. The molecule has 1 aliphatic rings. The van der Waals surface area contributed by atoms with E-state index in [1.807, 2.05) is 0 Å². The Balaban J connectivity index is 2.11. The van der Waals surface area contributed by atoms with Crippen molar-refractivity contribution in [2.45, 2.75) is 70.3 Å². The van der Waals surface area contributed by atoms with E-state index in [2.05, 4.69) is 20.8 Å².